The highest BCUT2D eigenvalue weighted by Crippen LogP contribution is 2.36. The summed E-state index contributed by atoms with van der Waals surface area (Å²) in [6, 6.07) is 4.01. The molecule has 1 aliphatic rings. The Morgan fingerprint density at radius 3 is 2.59 bits per heavy atom. The number of hydrogen-bond acceptors (Lipinski definition) is 4. The first-order valence-corrected chi connectivity index (χ1v) is 9.78. The summed E-state index contributed by atoms with van der Waals surface area (Å²) in [5.41, 5.74) is 1.09. The van der Waals surface area contributed by atoms with Crippen LogP contribution in [0.15, 0.2) is 21.6 Å². The second-order valence-corrected chi connectivity index (χ2v) is 7.33. The molecule has 1 aliphatic heterocycles. The molecule has 2 rings (SSSR count). The summed E-state index contributed by atoms with van der Waals surface area (Å²) in [6.07, 6.45) is 3.50. The van der Waals surface area contributed by atoms with E-state index in [1.807, 2.05) is 19.2 Å². The summed E-state index contributed by atoms with van der Waals surface area (Å²) >= 11 is 3.54. The zero-order valence-corrected chi connectivity index (χ0v) is 20.5. The van der Waals surface area contributed by atoms with Gasteiger partial charge in [0.25, 0.3) is 0 Å². The van der Waals surface area contributed by atoms with E-state index in [1.165, 1.54) is 19.3 Å². The van der Waals surface area contributed by atoms with Crippen LogP contribution in [0.3, 0.4) is 0 Å². The molecule has 0 aliphatic carbocycles. The predicted octanol–water partition coefficient (Wildman–Crippen LogP) is 3.91. The molecular weight excluding hydrogens is 525 g/mol. The van der Waals surface area contributed by atoms with Gasteiger partial charge in [0.1, 0.15) is 0 Å². The van der Waals surface area contributed by atoms with E-state index in [4.69, 9.17) is 14.2 Å². The van der Waals surface area contributed by atoms with Gasteiger partial charge in [0.05, 0.1) is 18.7 Å². The molecule has 0 unspecified atom stereocenters. The van der Waals surface area contributed by atoms with Crippen molar-refractivity contribution in [2.45, 2.75) is 25.8 Å². The SMILES string of the molecule is CN=C(NCc1cc(Br)c(OC)c(OC)c1)N(C)CCC1CCOCC1.I. The molecule has 6 nitrogen and oxygen atoms in total. The van der Waals surface area contributed by atoms with E-state index in [0.29, 0.717) is 18.0 Å². The quantitative estimate of drug-likeness (QED) is 0.314. The first-order valence-electron chi connectivity index (χ1n) is 8.99. The maximum Gasteiger partial charge on any atom is 0.193 e. The van der Waals surface area contributed by atoms with E-state index in [1.54, 1.807) is 14.2 Å². The van der Waals surface area contributed by atoms with Crippen LogP contribution in [0.2, 0.25) is 0 Å². The van der Waals surface area contributed by atoms with Gasteiger partial charge in [-0.25, -0.2) is 0 Å². The van der Waals surface area contributed by atoms with Crippen LogP contribution in [0, 0.1) is 5.92 Å². The fraction of sp³-hybridized carbons (Fsp3) is 0.632. The van der Waals surface area contributed by atoms with Gasteiger partial charge in [-0.3, -0.25) is 4.99 Å². The maximum atomic E-state index is 5.44. The first-order chi connectivity index (χ1) is 12.6. The van der Waals surface area contributed by atoms with Crippen LogP contribution in [0.1, 0.15) is 24.8 Å². The molecule has 27 heavy (non-hydrogen) atoms. The number of halogens is 2. The molecule has 8 heteroatoms. The predicted molar refractivity (Wildman–Crippen MR) is 124 cm³/mol. The molecule has 0 radical (unpaired) electrons. The number of aliphatic imine (C=N–C) groups is 1. The van der Waals surface area contributed by atoms with Crippen LogP contribution in [0.25, 0.3) is 0 Å². The van der Waals surface area contributed by atoms with Gasteiger partial charge in [-0.15, -0.1) is 24.0 Å². The monoisotopic (exact) mass is 555 g/mol. The molecule has 0 bridgehead atoms. The third-order valence-corrected chi connectivity index (χ3v) is 5.32. The summed E-state index contributed by atoms with van der Waals surface area (Å²) in [5, 5.41) is 3.42. The van der Waals surface area contributed by atoms with Crippen LogP contribution in [-0.4, -0.2) is 58.9 Å². The van der Waals surface area contributed by atoms with Crippen molar-refractivity contribution in [3.8, 4) is 11.5 Å². The number of rotatable bonds is 7. The first kappa shape index (κ1) is 24.3. The number of benzene rings is 1. The Hall–Kier alpha value is -0.740. The Morgan fingerprint density at radius 1 is 1.30 bits per heavy atom. The smallest absolute Gasteiger partial charge is 0.193 e. The van der Waals surface area contributed by atoms with Gasteiger partial charge in [0.2, 0.25) is 0 Å². The lowest BCUT2D eigenvalue weighted by Gasteiger charge is -2.27. The average Bonchev–Trinajstić information content (AvgIpc) is 2.67. The van der Waals surface area contributed by atoms with E-state index < -0.39 is 0 Å². The zero-order valence-electron chi connectivity index (χ0n) is 16.6. The number of ether oxygens (including phenoxy) is 3. The van der Waals surface area contributed by atoms with Crippen molar-refractivity contribution in [2.75, 3.05) is 48.1 Å². The van der Waals surface area contributed by atoms with Gasteiger partial charge in [0.15, 0.2) is 17.5 Å². The molecule has 0 saturated carbocycles. The molecule has 0 amide bonds. The van der Waals surface area contributed by atoms with Crippen molar-refractivity contribution in [3.05, 3.63) is 22.2 Å². The third-order valence-electron chi connectivity index (χ3n) is 4.73. The minimum Gasteiger partial charge on any atom is -0.493 e. The second kappa shape index (κ2) is 12.7. The number of methoxy groups -OCH3 is 2. The van der Waals surface area contributed by atoms with Crippen LogP contribution < -0.4 is 14.8 Å². The van der Waals surface area contributed by atoms with Crippen LogP contribution in [-0.2, 0) is 11.3 Å². The highest BCUT2D eigenvalue weighted by Gasteiger charge is 2.16. The summed E-state index contributed by atoms with van der Waals surface area (Å²) in [5.74, 6) is 3.06. The molecule has 1 aromatic rings. The van der Waals surface area contributed by atoms with Gasteiger partial charge >= 0.3 is 0 Å². The Kier molecular flexibility index (Phi) is 11.4. The topological polar surface area (TPSA) is 55.3 Å². The minimum absolute atomic E-state index is 0. The molecule has 1 heterocycles. The minimum atomic E-state index is 0. The summed E-state index contributed by atoms with van der Waals surface area (Å²) in [4.78, 5) is 6.59. The van der Waals surface area contributed by atoms with Gasteiger partial charge in [-0.05, 0) is 58.8 Å². The fourth-order valence-electron chi connectivity index (χ4n) is 3.16. The molecule has 154 valence electrons. The van der Waals surface area contributed by atoms with Crippen LogP contribution in [0.4, 0.5) is 0 Å². The third kappa shape index (κ3) is 7.30. The molecular formula is C19H31BrIN3O3. The van der Waals surface area contributed by atoms with E-state index in [2.05, 4.69) is 38.2 Å². The number of nitrogens with zero attached hydrogens (tertiary/aromatic N) is 2. The average molecular weight is 556 g/mol. The van der Waals surface area contributed by atoms with Crippen molar-refractivity contribution in [1.29, 1.82) is 0 Å². The fourth-order valence-corrected chi connectivity index (χ4v) is 3.81. The van der Waals surface area contributed by atoms with Crippen molar-refractivity contribution in [2.24, 2.45) is 10.9 Å². The van der Waals surface area contributed by atoms with Gasteiger partial charge < -0.3 is 24.4 Å². The van der Waals surface area contributed by atoms with Gasteiger partial charge in [0, 0.05) is 40.4 Å². The van der Waals surface area contributed by atoms with E-state index in [9.17, 15) is 0 Å². The van der Waals surface area contributed by atoms with Crippen molar-refractivity contribution in [3.63, 3.8) is 0 Å². The number of hydrogen-bond donors (Lipinski definition) is 1. The molecule has 0 atom stereocenters. The van der Waals surface area contributed by atoms with Gasteiger partial charge in [-0.2, -0.15) is 0 Å². The maximum absolute atomic E-state index is 5.44. The Labute approximate surface area is 188 Å². The van der Waals surface area contributed by atoms with E-state index >= 15 is 0 Å². The largest absolute Gasteiger partial charge is 0.493 e. The van der Waals surface area contributed by atoms with Crippen LogP contribution >= 0.6 is 39.9 Å². The summed E-state index contributed by atoms with van der Waals surface area (Å²) < 4.78 is 17.1. The second-order valence-electron chi connectivity index (χ2n) is 6.48. The van der Waals surface area contributed by atoms with E-state index in [0.717, 1.165) is 41.7 Å². The Bertz CT molecular complexity index is 610. The molecule has 0 aromatic heterocycles. The standard InChI is InChI=1S/C19H30BrN3O3.HI/c1-21-19(23(2)8-5-14-6-9-26-10-7-14)22-13-15-11-16(20)18(25-4)17(12-15)24-3;/h11-12,14H,5-10,13H2,1-4H3,(H,21,22);1H. The highest BCUT2D eigenvalue weighted by atomic mass is 127. The summed E-state index contributed by atoms with van der Waals surface area (Å²) in [7, 11) is 7.18. The zero-order chi connectivity index (χ0) is 18.9. The van der Waals surface area contributed by atoms with Crippen molar-refractivity contribution < 1.29 is 14.2 Å². The molecule has 1 fully saturated rings. The van der Waals surface area contributed by atoms with Crippen molar-refractivity contribution >= 4 is 45.9 Å². The molecule has 1 saturated heterocycles. The number of nitrogens with one attached hydrogen (secondary N) is 1. The summed E-state index contributed by atoms with van der Waals surface area (Å²) in [6.45, 7) is 3.44. The lowest BCUT2D eigenvalue weighted by atomic mass is 9.96. The molecule has 0 spiro atoms. The van der Waals surface area contributed by atoms with E-state index in [-0.39, 0.29) is 24.0 Å². The Balaban J connectivity index is 0.00000364. The normalized spacial score (nSPS) is 15.1. The van der Waals surface area contributed by atoms with Gasteiger partial charge in [-0.1, -0.05) is 0 Å². The lowest BCUT2D eigenvalue weighted by molar-refractivity contribution is 0.0625. The lowest BCUT2D eigenvalue weighted by Crippen LogP contribution is -2.39. The molecule has 1 aromatic carbocycles. The Morgan fingerprint density at radius 2 is 2.00 bits per heavy atom. The molecule has 1 N–H and O–H groups in total. The highest BCUT2D eigenvalue weighted by molar-refractivity contribution is 14.0. The number of guanidine groups is 1. The van der Waals surface area contributed by atoms with Crippen LogP contribution in [0.5, 0.6) is 11.5 Å². The van der Waals surface area contributed by atoms with Crippen molar-refractivity contribution in [1.82, 2.24) is 10.2 Å².